The Morgan fingerprint density at radius 1 is 0.569 bits per heavy atom. The fourth-order valence-corrected chi connectivity index (χ4v) is 8.77. The van der Waals surface area contributed by atoms with Gasteiger partial charge in [-0.05, 0) is 109 Å². The number of benzene rings is 7. The van der Waals surface area contributed by atoms with Crippen molar-refractivity contribution in [3.8, 4) is 11.1 Å². The fourth-order valence-electron chi connectivity index (χ4n) is 8.77. The Bertz CT molecular complexity index is 2820. The molecule has 2 aliphatic rings. The van der Waals surface area contributed by atoms with Crippen molar-refractivity contribution in [2.75, 3.05) is 4.90 Å². The molecular formula is C47H38BN3. The molecule has 0 fully saturated rings. The highest BCUT2D eigenvalue weighted by Gasteiger charge is 2.43. The molecule has 2 aliphatic heterocycles. The van der Waals surface area contributed by atoms with Gasteiger partial charge in [-0.3, -0.25) is 0 Å². The van der Waals surface area contributed by atoms with Crippen molar-refractivity contribution in [1.29, 1.82) is 0 Å². The highest BCUT2D eigenvalue weighted by Crippen LogP contribution is 2.47. The van der Waals surface area contributed by atoms with Gasteiger partial charge in [0.15, 0.2) is 5.69 Å². The van der Waals surface area contributed by atoms with Gasteiger partial charge in [0.25, 0.3) is 0 Å². The van der Waals surface area contributed by atoms with Crippen LogP contribution < -0.4 is 15.8 Å². The highest BCUT2D eigenvalue weighted by atomic mass is 15.2. The second-order valence-corrected chi connectivity index (χ2v) is 16.6. The normalized spacial score (nSPS) is 13.6. The summed E-state index contributed by atoms with van der Waals surface area (Å²) in [6, 6.07) is 45.4. The SMILES string of the molecule is [C-]#[N+]c1ccc2cc3cc4c(cc3cc2c1)N(c1cc(C(C)(C)C)cc(C(C)(C)C)c1)c1cccc2c1B4n1c3ccccc3c3cccc-2c31. The third-order valence-corrected chi connectivity index (χ3v) is 11.4. The van der Waals surface area contributed by atoms with Gasteiger partial charge >= 0.3 is 6.85 Å². The maximum atomic E-state index is 7.64. The van der Waals surface area contributed by atoms with Crippen LogP contribution in [0.1, 0.15) is 52.7 Å². The van der Waals surface area contributed by atoms with Crippen LogP contribution in [0, 0.1) is 6.57 Å². The lowest BCUT2D eigenvalue weighted by molar-refractivity contribution is 0.569. The van der Waals surface area contributed by atoms with Crippen molar-refractivity contribution in [2.24, 2.45) is 0 Å². The van der Waals surface area contributed by atoms with Gasteiger partial charge in [0.1, 0.15) is 0 Å². The summed E-state index contributed by atoms with van der Waals surface area (Å²) < 4.78 is 2.63. The molecule has 10 rings (SSSR count). The van der Waals surface area contributed by atoms with E-state index in [0.717, 1.165) is 10.8 Å². The van der Waals surface area contributed by atoms with E-state index in [0.29, 0.717) is 5.69 Å². The molecule has 0 spiro atoms. The van der Waals surface area contributed by atoms with Crippen LogP contribution in [0.2, 0.25) is 0 Å². The molecule has 51 heavy (non-hydrogen) atoms. The molecule has 0 atom stereocenters. The van der Waals surface area contributed by atoms with Crippen LogP contribution >= 0.6 is 0 Å². The van der Waals surface area contributed by atoms with Crippen LogP contribution in [0.25, 0.3) is 59.3 Å². The van der Waals surface area contributed by atoms with E-state index < -0.39 is 0 Å². The maximum Gasteiger partial charge on any atom is 0.333 e. The third-order valence-electron chi connectivity index (χ3n) is 11.4. The summed E-state index contributed by atoms with van der Waals surface area (Å²) in [6.45, 7) is 21.5. The van der Waals surface area contributed by atoms with Crippen LogP contribution in [0.3, 0.4) is 0 Å². The van der Waals surface area contributed by atoms with Crippen molar-refractivity contribution in [2.45, 2.75) is 52.4 Å². The van der Waals surface area contributed by atoms with Gasteiger partial charge in [-0.25, -0.2) is 4.85 Å². The lowest BCUT2D eigenvalue weighted by Gasteiger charge is -2.41. The Balaban J connectivity index is 1.36. The number of hydrogen-bond acceptors (Lipinski definition) is 1. The zero-order chi connectivity index (χ0) is 35.0. The van der Waals surface area contributed by atoms with E-state index in [1.807, 2.05) is 12.1 Å². The molecule has 0 N–H and O–H groups in total. The Morgan fingerprint density at radius 3 is 2.00 bits per heavy atom. The minimum atomic E-state index is -0.0230. The molecular weight excluding hydrogens is 617 g/mol. The van der Waals surface area contributed by atoms with Crippen molar-refractivity contribution in [3.63, 3.8) is 0 Å². The smallest absolute Gasteiger partial charge is 0.333 e. The molecule has 0 unspecified atom stereocenters. The fraction of sp³-hybridized carbons (Fsp3) is 0.170. The van der Waals surface area contributed by atoms with Gasteiger partial charge in [0, 0.05) is 44.4 Å². The van der Waals surface area contributed by atoms with Crippen LogP contribution in [0.4, 0.5) is 22.7 Å². The lowest BCUT2D eigenvalue weighted by Crippen LogP contribution is -2.56. The predicted molar refractivity (Wildman–Crippen MR) is 219 cm³/mol. The summed E-state index contributed by atoms with van der Waals surface area (Å²) in [5.41, 5.74) is 14.7. The molecule has 0 saturated carbocycles. The first kappa shape index (κ1) is 30.1. The van der Waals surface area contributed by atoms with E-state index >= 15 is 0 Å². The third kappa shape index (κ3) is 4.25. The minimum Gasteiger partial charge on any atom is -0.375 e. The monoisotopic (exact) mass is 655 g/mol. The van der Waals surface area contributed by atoms with Gasteiger partial charge in [-0.1, -0.05) is 114 Å². The first-order valence-corrected chi connectivity index (χ1v) is 18.0. The summed E-state index contributed by atoms with van der Waals surface area (Å²) in [5, 5.41) is 7.23. The Kier molecular flexibility index (Phi) is 5.98. The summed E-state index contributed by atoms with van der Waals surface area (Å²) in [7, 11) is 0. The summed E-state index contributed by atoms with van der Waals surface area (Å²) in [5.74, 6) is 0. The maximum absolute atomic E-state index is 7.64. The molecule has 1 aromatic heterocycles. The lowest BCUT2D eigenvalue weighted by atomic mass is 9.45. The molecule has 0 radical (unpaired) electrons. The van der Waals surface area contributed by atoms with Gasteiger partial charge in [0.2, 0.25) is 0 Å². The molecule has 4 heteroatoms. The number of fused-ring (bicyclic) bond motifs is 9. The quantitative estimate of drug-likeness (QED) is 0.0974. The summed E-state index contributed by atoms with van der Waals surface area (Å²) in [4.78, 5) is 6.28. The molecule has 7 aromatic carbocycles. The van der Waals surface area contributed by atoms with E-state index in [1.165, 1.54) is 82.8 Å². The van der Waals surface area contributed by atoms with Crippen LogP contribution in [-0.2, 0) is 10.8 Å². The second kappa shape index (κ2) is 10.1. The van der Waals surface area contributed by atoms with E-state index in [1.54, 1.807) is 0 Å². The highest BCUT2D eigenvalue weighted by molar-refractivity contribution is 6.90. The average Bonchev–Trinajstić information content (AvgIpc) is 3.45. The molecule has 0 saturated heterocycles. The van der Waals surface area contributed by atoms with E-state index in [2.05, 4.69) is 165 Å². The summed E-state index contributed by atoms with van der Waals surface area (Å²) in [6.07, 6.45) is 0. The first-order chi connectivity index (χ1) is 24.5. The molecule has 0 bridgehead atoms. The molecule has 3 heterocycles. The number of hydrogen-bond donors (Lipinski definition) is 0. The standard InChI is InChI=1S/C47H38BN3/c1-46(2,3)32-25-33(47(4,5)6)27-35(26-32)50-42-17-11-13-37-39-15-10-14-38-36-12-8-9-16-41(36)51(45(38)39)48(44(37)42)40-23-30-20-28-18-19-34(49-7)22-29(28)21-31(30)24-43(40)50/h8-27H,1-6H3. The van der Waals surface area contributed by atoms with Crippen LogP contribution in [0.15, 0.2) is 121 Å². The van der Waals surface area contributed by atoms with E-state index in [9.17, 15) is 0 Å². The van der Waals surface area contributed by atoms with Gasteiger partial charge in [-0.15, -0.1) is 0 Å². The zero-order valence-corrected chi connectivity index (χ0v) is 30.0. The van der Waals surface area contributed by atoms with Gasteiger partial charge in [-0.2, -0.15) is 0 Å². The topological polar surface area (TPSA) is 12.5 Å². The molecule has 3 nitrogen and oxygen atoms in total. The van der Waals surface area contributed by atoms with E-state index in [-0.39, 0.29) is 17.7 Å². The van der Waals surface area contributed by atoms with Gasteiger partial charge < -0.3 is 9.38 Å². The molecule has 0 amide bonds. The second-order valence-electron chi connectivity index (χ2n) is 16.6. The van der Waals surface area contributed by atoms with E-state index in [4.69, 9.17) is 6.57 Å². The molecule has 244 valence electrons. The largest absolute Gasteiger partial charge is 0.375 e. The van der Waals surface area contributed by atoms with Crippen LogP contribution in [-0.4, -0.2) is 11.3 Å². The van der Waals surface area contributed by atoms with Crippen molar-refractivity contribution < 1.29 is 0 Å². The molecule has 8 aromatic rings. The Hall–Kier alpha value is -5.79. The number of para-hydroxylation sites is 2. The molecule has 0 aliphatic carbocycles. The number of aromatic nitrogens is 1. The summed E-state index contributed by atoms with van der Waals surface area (Å²) >= 11 is 0. The Morgan fingerprint density at radius 2 is 1.24 bits per heavy atom. The number of rotatable bonds is 1. The Labute approximate surface area is 299 Å². The van der Waals surface area contributed by atoms with Crippen molar-refractivity contribution >= 4 is 83.9 Å². The average molecular weight is 656 g/mol. The zero-order valence-electron chi connectivity index (χ0n) is 30.0. The van der Waals surface area contributed by atoms with Crippen molar-refractivity contribution in [1.82, 2.24) is 4.48 Å². The number of anilines is 3. The number of nitrogens with zero attached hydrogens (tertiary/aromatic N) is 3. The van der Waals surface area contributed by atoms with Crippen molar-refractivity contribution in [3.05, 3.63) is 144 Å². The van der Waals surface area contributed by atoms with Crippen LogP contribution in [0.5, 0.6) is 0 Å². The first-order valence-electron chi connectivity index (χ1n) is 18.0. The predicted octanol–water partition coefficient (Wildman–Crippen LogP) is 11.7. The minimum absolute atomic E-state index is 0.00257. The van der Waals surface area contributed by atoms with Gasteiger partial charge in [0.05, 0.1) is 6.57 Å².